The minimum atomic E-state index is -0.320. The van der Waals surface area contributed by atoms with Crippen molar-refractivity contribution in [3.8, 4) is 5.69 Å². The highest BCUT2D eigenvalue weighted by Gasteiger charge is 2.34. The number of nitrogens with zero attached hydrogens (tertiary/aromatic N) is 3. The average molecular weight is 444 g/mol. The van der Waals surface area contributed by atoms with Gasteiger partial charge >= 0.3 is 0 Å². The highest BCUT2D eigenvalue weighted by molar-refractivity contribution is 9.10. The molecule has 3 aromatic rings. The fourth-order valence-electron chi connectivity index (χ4n) is 2.88. The molecular formula is C19H18BrN5O3. The van der Waals surface area contributed by atoms with Gasteiger partial charge in [-0.2, -0.15) is 0 Å². The van der Waals surface area contributed by atoms with Crippen LogP contribution in [-0.4, -0.2) is 39.9 Å². The molecule has 8 nitrogen and oxygen atoms in total. The van der Waals surface area contributed by atoms with Crippen LogP contribution in [0, 0.1) is 0 Å². The molecule has 1 aliphatic rings. The number of hydrogen-bond acceptors (Lipinski definition) is 5. The highest BCUT2D eigenvalue weighted by Crippen LogP contribution is 2.42. The summed E-state index contributed by atoms with van der Waals surface area (Å²) in [6.45, 7) is 0.561. The van der Waals surface area contributed by atoms with Crippen molar-refractivity contribution in [1.82, 2.24) is 25.6 Å². The molecule has 1 aromatic carbocycles. The van der Waals surface area contributed by atoms with Gasteiger partial charge in [-0.1, -0.05) is 21.1 Å². The van der Waals surface area contributed by atoms with Crippen molar-refractivity contribution >= 4 is 27.7 Å². The predicted octanol–water partition coefficient (Wildman–Crippen LogP) is 2.66. The summed E-state index contributed by atoms with van der Waals surface area (Å²) in [7, 11) is 0. The second-order valence-electron chi connectivity index (χ2n) is 6.47. The van der Waals surface area contributed by atoms with Crippen molar-refractivity contribution in [1.29, 1.82) is 0 Å². The van der Waals surface area contributed by atoms with Gasteiger partial charge in [-0.25, -0.2) is 4.68 Å². The first kappa shape index (κ1) is 18.4. The average Bonchev–Trinajstić information content (AvgIpc) is 3.20. The van der Waals surface area contributed by atoms with E-state index in [1.165, 1.54) is 6.26 Å². The smallest absolute Gasteiger partial charge is 0.287 e. The van der Waals surface area contributed by atoms with E-state index in [2.05, 4.69) is 36.9 Å². The summed E-state index contributed by atoms with van der Waals surface area (Å²) in [5, 5.41) is 13.8. The number of amides is 2. The summed E-state index contributed by atoms with van der Waals surface area (Å²) in [6.07, 6.45) is 3.47. The van der Waals surface area contributed by atoms with E-state index < -0.39 is 0 Å². The summed E-state index contributed by atoms with van der Waals surface area (Å²) in [5.41, 5.74) is 2.03. The Morgan fingerprint density at radius 2 is 1.82 bits per heavy atom. The zero-order valence-corrected chi connectivity index (χ0v) is 16.5. The third-order valence-corrected chi connectivity index (χ3v) is 4.93. The fraction of sp³-hybridized carbons (Fsp3) is 0.263. The molecule has 0 spiro atoms. The first-order valence-corrected chi connectivity index (χ1v) is 9.74. The Kier molecular flexibility index (Phi) is 5.25. The lowest BCUT2D eigenvalue weighted by Gasteiger charge is -2.08. The molecule has 9 heteroatoms. The lowest BCUT2D eigenvalue weighted by atomic mass is 10.2. The summed E-state index contributed by atoms with van der Waals surface area (Å²) in [6, 6.07) is 10.9. The number of carbonyl (C=O) groups is 2. The second kappa shape index (κ2) is 7.97. The highest BCUT2D eigenvalue weighted by atomic mass is 79.9. The van der Waals surface area contributed by atoms with Crippen LogP contribution in [0.4, 0.5) is 0 Å². The summed E-state index contributed by atoms with van der Waals surface area (Å²) >= 11 is 3.42. The predicted molar refractivity (Wildman–Crippen MR) is 104 cm³/mol. The van der Waals surface area contributed by atoms with Crippen LogP contribution in [-0.2, 0) is 0 Å². The first-order chi connectivity index (χ1) is 13.6. The second-order valence-corrected chi connectivity index (χ2v) is 7.39. The van der Waals surface area contributed by atoms with E-state index in [1.54, 1.807) is 16.8 Å². The molecule has 2 N–H and O–H groups in total. The number of aromatic nitrogens is 3. The van der Waals surface area contributed by atoms with Gasteiger partial charge in [-0.05, 0) is 49.2 Å². The molecule has 2 aromatic heterocycles. The molecule has 1 fully saturated rings. The molecule has 2 heterocycles. The van der Waals surface area contributed by atoms with Gasteiger partial charge in [-0.15, -0.1) is 5.10 Å². The molecule has 28 heavy (non-hydrogen) atoms. The van der Waals surface area contributed by atoms with E-state index in [9.17, 15) is 9.59 Å². The maximum absolute atomic E-state index is 12.6. The molecule has 1 aliphatic carbocycles. The minimum absolute atomic E-state index is 0.236. The van der Waals surface area contributed by atoms with Gasteiger partial charge in [0.2, 0.25) is 0 Å². The van der Waals surface area contributed by atoms with Crippen LogP contribution < -0.4 is 10.6 Å². The van der Waals surface area contributed by atoms with Crippen LogP contribution >= 0.6 is 15.9 Å². The van der Waals surface area contributed by atoms with E-state index in [-0.39, 0.29) is 36.6 Å². The lowest BCUT2D eigenvalue weighted by molar-refractivity contribution is 0.0909. The van der Waals surface area contributed by atoms with Gasteiger partial charge in [0.25, 0.3) is 11.8 Å². The number of furan rings is 1. The minimum Gasteiger partial charge on any atom is -0.459 e. The van der Waals surface area contributed by atoms with Crippen molar-refractivity contribution < 1.29 is 14.0 Å². The Labute approximate surface area is 169 Å². The third-order valence-electron chi connectivity index (χ3n) is 4.40. The van der Waals surface area contributed by atoms with Gasteiger partial charge in [0.05, 0.1) is 17.6 Å². The Morgan fingerprint density at radius 3 is 2.46 bits per heavy atom. The quantitative estimate of drug-likeness (QED) is 0.546. The molecular weight excluding hydrogens is 426 g/mol. The lowest BCUT2D eigenvalue weighted by Crippen LogP contribution is -2.35. The first-order valence-electron chi connectivity index (χ1n) is 8.95. The Balaban J connectivity index is 1.40. The number of nitrogens with one attached hydrogen (secondary N) is 2. The number of hydrogen-bond donors (Lipinski definition) is 2. The Morgan fingerprint density at radius 1 is 1.11 bits per heavy atom. The van der Waals surface area contributed by atoms with E-state index in [1.807, 2.05) is 24.3 Å². The van der Waals surface area contributed by atoms with Crippen molar-refractivity contribution in [2.75, 3.05) is 13.1 Å². The molecule has 4 rings (SSSR count). The molecule has 0 unspecified atom stereocenters. The molecule has 0 radical (unpaired) electrons. The van der Waals surface area contributed by atoms with Crippen molar-refractivity contribution in [2.45, 2.75) is 18.8 Å². The molecule has 0 saturated heterocycles. The number of halogens is 1. The monoisotopic (exact) mass is 443 g/mol. The van der Waals surface area contributed by atoms with Crippen LogP contribution in [0.2, 0.25) is 0 Å². The fourth-order valence-corrected chi connectivity index (χ4v) is 3.14. The van der Waals surface area contributed by atoms with Gasteiger partial charge in [0, 0.05) is 23.5 Å². The Hall–Kier alpha value is -2.94. The normalized spacial score (nSPS) is 13.3. The van der Waals surface area contributed by atoms with Crippen molar-refractivity contribution in [3.63, 3.8) is 0 Å². The number of rotatable bonds is 7. The van der Waals surface area contributed by atoms with E-state index in [0.29, 0.717) is 5.69 Å². The van der Waals surface area contributed by atoms with Crippen LogP contribution in [0.3, 0.4) is 0 Å². The molecule has 2 amide bonds. The summed E-state index contributed by atoms with van der Waals surface area (Å²) in [5.74, 6) is -0.0885. The Bertz CT molecular complexity index is 978. The van der Waals surface area contributed by atoms with E-state index in [4.69, 9.17) is 4.42 Å². The van der Waals surface area contributed by atoms with Gasteiger partial charge in [0.1, 0.15) is 0 Å². The van der Waals surface area contributed by atoms with Gasteiger partial charge in [-0.3, -0.25) is 9.59 Å². The van der Waals surface area contributed by atoms with Crippen LogP contribution in [0.15, 0.2) is 51.6 Å². The molecule has 0 aliphatic heterocycles. The topological polar surface area (TPSA) is 102 Å². The summed E-state index contributed by atoms with van der Waals surface area (Å²) < 4.78 is 7.73. The van der Waals surface area contributed by atoms with Gasteiger partial charge in [0.15, 0.2) is 11.5 Å². The van der Waals surface area contributed by atoms with E-state index >= 15 is 0 Å². The standard InChI is InChI=1S/C19H18BrN5O3/c20-13-5-7-14(8-6-13)25-17(12-3-4-12)16(23-24-25)19(27)22-10-9-21-18(26)15-2-1-11-28-15/h1-2,5-8,11-12H,3-4,9-10H2,(H,21,26)(H,22,27). The molecule has 1 saturated carbocycles. The van der Waals surface area contributed by atoms with Crippen molar-refractivity contribution in [2.24, 2.45) is 0 Å². The van der Waals surface area contributed by atoms with Gasteiger partial charge < -0.3 is 15.1 Å². The maximum atomic E-state index is 12.6. The maximum Gasteiger partial charge on any atom is 0.287 e. The molecule has 0 atom stereocenters. The van der Waals surface area contributed by atoms with Crippen LogP contribution in [0.25, 0.3) is 5.69 Å². The molecule has 144 valence electrons. The van der Waals surface area contributed by atoms with Crippen LogP contribution in [0.1, 0.15) is 45.5 Å². The zero-order chi connectivity index (χ0) is 19.5. The van der Waals surface area contributed by atoms with Crippen molar-refractivity contribution in [3.05, 3.63) is 64.3 Å². The summed E-state index contributed by atoms with van der Waals surface area (Å²) in [4.78, 5) is 24.4. The zero-order valence-electron chi connectivity index (χ0n) is 14.9. The van der Waals surface area contributed by atoms with E-state index in [0.717, 1.165) is 28.7 Å². The number of carbonyl (C=O) groups excluding carboxylic acids is 2. The SMILES string of the molecule is O=C(NCCNC(=O)c1nnn(-c2ccc(Br)cc2)c1C1CC1)c1ccco1. The van der Waals surface area contributed by atoms with Crippen LogP contribution in [0.5, 0.6) is 0 Å². The third kappa shape index (κ3) is 3.99. The largest absolute Gasteiger partial charge is 0.459 e. The number of benzene rings is 1. The molecule has 0 bridgehead atoms.